The van der Waals surface area contributed by atoms with E-state index in [-0.39, 0.29) is 0 Å². The first-order chi connectivity index (χ1) is 40.0. The van der Waals surface area contributed by atoms with Crippen molar-refractivity contribution in [2.75, 3.05) is 39.6 Å². The molecule has 494 valence electrons. The molecule has 22 N–H and O–H groups in total. The van der Waals surface area contributed by atoms with E-state index in [9.17, 15) is 111 Å². The van der Waals surface area contributed by atoms with E-state index >= 15 is 0 Å². The number of carbonyl (C=O) groups is 3. The van der Waals surface area contributed by atoms with Crippen LogP contribution in [0.1, 0.15) is 34.6 Å². The molecule has 0 bridgehead atoms. The highest BCUT2D eigenvalue weighted by Gasteiger charge is 2.58. The molecule has 37 nitrogen and oxygen atoms in total. The van der Waals surface area contributed by atoms with Gasteiger partial charge >= 0.3 is 0 Å². The smallest absolute Gasteiger partial charge is 0.217 e. The van der Waals surface area contributed by atoms with Gasteiger partial charge in [0, 0.05) is 20.8 Å². The van der Waals surface area contributed by atoms with Gasteiger partial charge in [-0.25, -0.2) is 0 Å². The van der Waals surface area contributed by atoms with Gasteiger partial charge in [-0.15, -0.1) is 0 Å². The molecule has 6 rings (SSSR count). The van der Waals surface area contributed by atoms with Crippen molar-refractivity contribution in [1.82, 2.24) is 16.0 Å². The molecule has 0 unspecified atom stereocenters. The van der Waals surface area contributed by atoms with Gasteiger partial charge in [0.05, 0.1) is 57.9 Å². The fraction of sp³-hybridized carbons (Fsp3) is 0.938. The van der Waals surface area contributed by atoms with E-state index in [1.54, 1.807) is 0 Å². The molecule has 6 heterocycles. The number of aliphatic hydroxyl groups excluding tert-OH is 19. The molecular formula is C48H83N3O34. The van der Waals surface area contributed by atoms with Gasteiger partial charge in [-0.05, 0) is 13.8 Å². The van der Waals surface area contributed by atoms with Crippen LogP contribution in [-0.4, -0.2) is 363 Å². The van der Waals surface area contributed by atoms with E-state index in [0.29, 0.717) is 0 Å². The number of hydrogen-bond donors (Lipinski definition) is 22. The Bertz CT molecular complexity index is 2100. The molecule has 37 heteroatoms. The maximum absolute atomic E-state index is 13.1. The molecule has 85 heavy (non-hydrogen) atoms. The first-order valence-electron chi connectivity index (χ1n) is 27.2. The van der Waals surface area contributed by atoms with Gasteiger partial charge in [0.15, 0.2) is 37.7 Å². The monoisotopic (exact) mass is 1250 g/mol. The van der Waals surface area contributed by atoms with Gasteiger partial charge in [0.2, 0.25) is 17.7 Å². The third-order valence-electron chi connectivity index (χ3n) is 15.3. The molecule has 6 fully saturated rings. The summed E-state index contributed by atoms with van der Waals surface area (Å²) in [5.74, 6) is -2.65. The second kappa shape index (κ2) is 31.3. The number of aliphatic hydroxyl groups is 19. The zero-order valence-corrected chi connectivity index (χ0v) is 46.5. The lowest BCUT2D eigenvalue weighted by molar-refractivity contribution is -0.381. The van der Waals surface area contributed by atoms with E-state index in [4.69, 9.17) is 56.8 Å². The number of nitrogens with one attached hydrogen (secondary N) is 3. The zero-order chi connectivity index (χ0) is 63.2. The topological polar surface area (TPSA) is 582 Å². The molecule has 0 spiro atoms. The molecule has 3 amide bonds. The van der Waals surface area contributed by atoms with E-state index in [2.05, 4.69) is 16.0 Å². The minimum atomic E-state index is -2.37. The molecule has 0 aromatic carbocycles. The molecule has 0 aliphatic carbocycles. The summed E-state index contributed by atoms with van der Waals surface area (Å²) in [5.41, 5.74) is 0. The van der Waals surface area contributed by atoms with Crippen molar-refractivity contribution >= 4 is 17.7 Å². The summed E-state index contributed by atoms with van der Waals surface area (Å²) >= 11 is 0. The van der Waals surface area contributed by atoms with Crippen molar-refractivity contribution in [3.63, 3.8) is 0 Å². The molecular weight excluding hydrogens is 1160 g/mol. The molecule has 6 saturated heterocycles. The highest BCUT2D eigenvalue weighted by molar-refractivity contribution is 5.74. The average molecular weight is 1250 g/mol. The molecule has 0 radical (unpaired) electrons. The highest BCUT2D eigenvalue weighted by Crippen LogP contribution is 2.37. The van der Waals surface area contributed by atoms with E-state index in [0.717, 1.165) is 20.8 Å². The molecule has 0 aromatic rings. The van der Waals surface area contributed by atoms with Crippen LogP contribution in [0.4, 0.5) is 0 Å². The van der Waals surface area contributed by atoms with Crippen LogP contribution in [0.15, 0.2) is 0 Å². The van der Waals surface area contributed by atoms with Crippen LogP contribution in [0.25, 0.3) is 0 Å². The number of amides is 3. The quantitative estimate of drug-likeness (QED) is 0.0427. The fourth-order valence-corrected chi connectivity index (χ4v) is 10.6. The number of hydrogen-bond acceptors (Lipinski definition) is 34. The predicted octanol–water partition coefficient (Wildman–Crippen LogP) is -14.2. The van der Waals surface area contributed by atoms with Crippen LogP contribution in [0.2, 0.25) is 0 Å². The standard InChI is InChI=1S/C48H83N3O34/c1-12-25(61)31(67)35(71)45(75-12)84-41-24(51-16(5)59)44(80-22(10-56)39(41)82-47-37(73)33(69)28(64)19(7-53)78-47)83-40-23(50-15(4)58)43(77-21(9-55)30(40)66)74-11-18(60)27(63)38(17(6-52)49-14(3)57)81-48-42(34(70)29(65)20(8-54)79-48)85-46-36(72)32(68)26(62)13(2)76-46/h12-13,17-48,52-56,60-73H,6-11H2,1-5H3,(H,49,57)(H,50,58)(H,51,59)/t12-,13-,17-,18+,19+,20+,21+,22+,23+,24+,25+,26+,27-,28-,29-,30+,31+,32+,33-,34-,35-,36-,37+,38+,39+,40+,41+,42+,43+,44-,45-,46-,47-,48-/m0/s1. The van der Waals surface area contributed by atoms with Crippen LogP contribution in [0.5, 0.6) is 0 Å². The summed E-state index contributed by atoms with van der Waals surface area (Å²) in [5, 5.41) is 213. The first-order valence-corrected chi connectivity index (χ1v) is 27.2. The number of carbonyl (C=O) groups excluding carboxylic acids is 3. The largest absolute Gasteiger partial charge is 0.394 e. The van der Waals surface area contributed by atoms with Crippen molar-refractivity contribution in [3.8, 4) is 0 Å². The Labute approximate surface area is 483 Å². The van der Waals surface area contributed by atoms with Crippen molar-refractivity contribution in [2.45, 2.75) is 243 Å². The van der Waals surface area contributed by atoms with Crippen molar-refractivity contribution in [3.05, 3.63) is 0 Å². The Morgan fingerprint density at radius 2 is 0.824 bits per heavy atom. The first kappa shape index (κ1) is 71.2. The van der Waals surface area contributed by atoms with Gasteiger partial charge in [-0.1, -0.05) is 0 Å². The highest BCUT2D eigenvalue weighted by atomic mass is 16.8. The van der Waals surface area contributed by atoms with Crippen LogP contribution < -0.4 is 16.0 Å². The molecule has 34 atom stereocenters. The summed E-state index contributed by atoms with van der Waals surface area (Å²) in [4.78, 5) is 38.6. The summed E-state index contributed by atoms with van der Waals surface area (Å²) in [7, 11) is 0. The van der Waals surface area contributed by atoms with Crippen LogP contribution in [0, 0.1) is 0 Å². The third kappa shape index (κ3) is 16.4. The van der Waals surface area contributed by atoms with E-state index in [1.807, 2.05) is 0 Å². The number of ether oxygens (including phenoxy) is 12. The normalized spacial score (nSPS) is 45.9. The Balaban J connectivity index is 1.31. The second-order valence-corrected chi connectivity index (χ2v) is 21.5. The SMILES string of the molecule is CC(=O)N[C@H]1[C@H](O[C@H]2[C@H](O)[C@@H](CO)O[C@@H](OC[C@@H](O)[C@H](O)[C@H](O[C@@H]3O[C@H](CO)[C@H](O)[C@H](O)[C@H]3O[C@@H]3O[C@@H](C)[C@@H](O)[C@@H](O)[C@@H]3O)[C@H](CO)NC(C)=O)[C@@H]2NC(C)=O)O[C@H](CO)[C@@H](O[C@@H]2O[C@H](CO)[C@H](O)[C@H](O)[C@H]2O)[C@@H]1O[C@@H]1O[C@@H](C)[C@@H](O)[C@@H](O)[C@@H]1O. The van der Waals surface area contributed by atoms with Gasteiger partial charge in [-0.2, -0.15) is 0 Å². The summed E-state index contributed by atoms with van der Waals surface area (Å²) < 4.78 is 70.5. The molecule has 6 aliphatic rings. The average Bonchev–Trinajstić information content (AvgIpc) is 1.59. The van der Waals surface area contributed by atoms with Gasteiger partial charge in [0.1, 0.15) is 152 Å². The maximum atomic E-state index is 13.1. The third-order valence-corrected chi connectivity index (χ3v) is 15.3. The minimum absolute atomic E-state index is 0.851. The van der Waals surface area contributed by atoms with Crippen molar-refractivity contribution in [1.29, 1.82) is 0 Å². The Kier molecular flexibility index (Phi) is 26.2. The van der Waals surface area contributed by atoms with Crippen LogP contribution in [0.3, 0.4) is 0 Å². The van der Waals surface area contributed by atoms with E-state index in [1.165, 1.54) is 13.8 Å². The zero-order valence-electron chi connectivity index (χ0n) is 46.5. The lowest BCUT2D eigenvalue weighted by atomic mass is 9.93. The maximum Gasteiger partial charge on any atom is 0.217 e. The van der Waals surface area contributed by atoms with Crippen LogP contribution >= 0.6 is 0 Å². The minimum Gasteiger partial charge on any atom is -0.394 e. The van der Waals surface area contributed by atoms with Crippen LogP contribution in [-0.2, 0) is 71.2 Å². The molecule has 0 saturated carbocycles. The van der Waals surface area contributed by atoms with E-state index < -0.39 is 266 Å². The number of rotatable bonds is 24. The summed E-state index contributed by atoms with van der Waals surface area (Å²) in [6.45, 7) is -0.738. The lowest BCUT2D eigenvalue weighted by Crippen LogP contribution is -2.72. The van der Waals surface area contributed by atoms with Crippen molar-refractivity contribution < 1.29 is 168 Å². The Hall–Kier alpha value is -2.83. The fourth-order valence-electron chi connectivity index (χ4n) is 10.6. The summed E-state index contributed by atoms with van der Waals surface area (Å²) in [6, 6.07) is -5.38. The molecule has 6 aliphatic heterocycles. The van der Waals surface area contributed by atoms with Gasteiger partial charge in [0.25, 0.3) is 0 Å². The Morgan fingerprint density at radius 1 is 0.424 bits per heavy atom. The Morgan fingerprint density at radius 3 is 1.31 bits per heavy atom. The van der Waals surface area contributed by atoms with Crippen molar-refractivity contribution in [2.24, 2.45) is 0 Å². The second-order valence-electron chi connectivity index (χ2n) is 21.5. The predicted molar refractivity (Wildman–Crippen MR) is 266 cm³/mol. The summed E-state index contributed by atoms with van der Waals surface area (Å²) in [6.07, 6.45) is -59.1. The molecule has 0 aromatic heterocycles. The van der Waals surface area contributed by atoms with Gasteiger partial charge in [-0.3, -0.25) is 14.4 Å². The van der Waals surface area contributed by atoms with Gasteiger partial charge < -0.3 is 170 Å². The lowest BCUT2D eigenvalue weighted by Gasteiger charge is -2.52.